The molecule has 0 aliphatic rings. The van der Waals surface area contributed by atoms with Crippen molar-refractivity contribution in [1.29, 1.82) is 0 Å². The summed E-state index contributed by atoms with van der Waals surface area (Å²) in [5.41, 5.74) is 6.50. The lowest BCUT2D eigenvalue weighted by atomic mass is 9.96. The molecule has 0 spiro atoms. The summed E-state index contributed by atoms with van der Waals surface area (Å²) < 4.78 is 7.37. The number of nitrogen functional groups attached to an aromatic ring is 1. The topological polar surface area (TPSA) is 78.9 Å². The molecule has 2 aromatic heterocycles. The first kappa shape index (κ1) is 13.3. The van der Waals surface area contributed by atoms with Crippen molar-refractivity contribution in [3.05, 3.63) is 23.7 Å². The summed E-state index contributed by atoms with van der Waals surface area (Å²) in [6, 6.07) is 3.45. The Morgan fingerprint density at radius 2 is 1.89 bits per heavy atom. The predicted octanol–water partition coefficient (Wildman–Crippen LogP) is 2.19. The first-order valence-electron chi connectivity index (χ1n) is 6.09. The molecule has 6 heteroatoms. The lowest BCUT2D eigenvalue weighted by Gasteiger charge is -2.17. The summed E-state index contributed by atoms with van der Waals surface area (Å²) in [4.78, 5) is 8.63. The highest BCUT2D eigenvalue weighted by Crippen LogP contribution is 2.25. The van der Waals surface area contributed by atoms with E-state index in [1.165, 1.54) is 0 Å². The van der Waals surface area contributed by atoms with E-state index in [1.54, 1.807) is 10.7 Å². The van der Waals surface area contributed by atoms with E-state index in [1.807, 2.05) is 40.8 Å². The Bertz CT molecular complexity index is 598. The fourth-order valence-electron chi connectivity index (χ4n) is 1.62. The number of hydrogen-bond acceptors (Lipinski definition) is 5. The van der Waals surface area contributed by atoms with Crippen LogP contribution in [0.3, 0.4) is 0 Å². The van der Waals surface area contributed by atoms with Crippen LogP contribution in [-0.4, -0.2) is 19.7 Å². The summed E-state index contributed by atoms with van der Waals surface area (Å²) in [5.74, 6) is 2.10. The number of aromatic nitrogens is 4. The summed E-state index contributed by atoms with van der Waals surface area (Å²) in [5, 5.41) is 4.22. The summed E-state index contributed by atoms with van der Waals surface area (Å²) in [7, 11) is 1.82. The molecule has 0 radical (unpaired) electrons. The van der Waals surface area contributed by atoms with E-state index in [4.69, 9.17) is 10.5 Å². The average molecular weight is 261 g/mol. The number of ether oxygens (including phenoxy) is 1. The molecule has 2 aromatic rings. The van der Waals surface area contributed by atoms with Crippen LogP contribution in [0.5, 0.6) is 11.8 Å². The minimum absolute atomic E-state index is 0.185. The second-order valence-corrected chi connectivity index (χ2v) is 5.55. The third-order valence-corrected chi connectivity index (χ3v) is 2.56. The fraction of sp³-hybridized carbons (Fsp3) is 0.462. The highest BCUT2D eigenvalue weighted by Gasteiger charge is 2.19. The van der Waals surface area contributed by atoms with Crippen molar-refractivity contribution < 1.29 is 4.74 Å². The number of anilines is 1. The van der Waals surface area contributed by atoms with Crippen LogP contribution in [0.1, 0.15) is 32.3 Å². The summed E-state index contributed by atoms with van der Waals surface area (Å²) in [6.07, 6.45) is 0. The summed E-state index contributed by atoms with van der Waals surface area (Å²) in [6.45, 7) is 7.99. The SMILES string of the molecule is Cc1cc(Oc2cc(N)nc(C(C)(C)C)n2)n(C)n1. The van der Waals surface area contributed by atoms with Gasteiger partial charge in [-0.25, -0.2) is 9.67 Å². The van der Waals surface area contributed by atoms with Crippen LogP contribution in [0.25, 0.3) is 0 Å². The molecule has 0 unspecified atom stereocenters. The van der Waals surface area contributed by atoms with Gasteiger partial charge in [0.05, 0.1) is 5.69 Å². The second kappa shape index (κ2) is 4.53. The zero-order valence-electron chi connectivity index (χ0n) is 11.9. The lowest BCUT2D eigenvalue weighted by molar-refractivity contribution is 0.406. The fourth-order valence-corrected chi connectivity index (χ4v) is 1.62. The number of rotatable bonds is 2. The van der Waals surface area contributed by atoms with Crippen molar-refractivity contribution in [1.82, 2.24) is 19.7 Å². The van der Waals surface area contributed by atoms with Crippen LogP contribution in [-0.2, 0) is 12.5 Å². The molecular formula is C13H19N5O. The van der Waals surface area contributed by atoms with Crippen molar-refractivity contribution in [2.45, 2.75) is 33.1 Å². The van der Waals surface area contributed by atoms with E-state index in [0.717, 1.165) is 5.69 Å². The largest absolute Gasteiger partial charge is 0.421 e. The smallest absolute Gasteiger partial charge is 0.226 e. The van der Waals surface area contributed by atoms with Gasteiger partial charge in [0, 0.05) is 24.6 Å². The van der Waals surface area contributed by atoms with Crippen molar-refractivity contribution >= 4 is 5.82 Å². The normalized spacial score (nSPS) is 11.6. The van der Waals surface area contributed by atoms with Gasteiger partial charge in [-0.1, -0.05) is 20.8 Å². The van der Waals surface area contributed by atoms with Gasteiger partial charge in [-0.15, -0.1) is 0 Å². The van der Waals surface area contributed by atoms with E-state index in [-0.39, 0.29) is 5.41 Å². The molecule has 0 aromatic carbocycles. The monoisotopic (exact) mass is 261 g/mol. The van der Waals surface area contributed by atoms with Gasteiger partial charge in [0.1, 0.15) is 11.6 Å². The van der Waals surface area contributed by atoms with Crippen molar-refractivity contribution in [2.24, 2.45) is 7.05 Å². The molecule has 0 fully saturated rings. The van der Waals surface area contributed by atoms with Gasteiger partial charge < -0.3 is 10.5 Å². The molecule has 2 rings (SSSR count). The van der Waals surface area contributed by atoms with Gasteiger partial charge in [-0.3, -0.25) is 0 Å². The third kappa shape index (κ3) is 3.01. The Hall–Kier alpha value is -2.11. The van der Waals surface area contributed by atoms with Crippen molar-refractivity contribution in [3.63, 3.8) is 0 Å². The van der Waals surface area contributed by atoms with Crippen LogP contribution in [0, 0.1) is 6.92 Å². The molecule has 0 saturated heterocycles. The Morgan fingerprint density at radius 1 is 1.21 bits per heavy atom. The van der Waals surface area contributed by atoms with E-state index in [2.05, 4.69) is 15.1 Å². The van der Waals surface area contributed by atoms with Gasteiger partial charge in [0.15, 0.2) is 0 Å². The van der Waals surface area contributed by atoms with Gasteiger partial charge in [0.25, 0.3) is 0 Å². The molecule has 0 saturated carbocycles. The number of nitrogens with two attached hydrogens (primary N) is 1. The van der Waals surface area contributed by atoms with Gasteiger partial charge in [-0.05, 0) is 6.92 Å². The number of hydrogen-bond donors (Lipinski definition) is 1. The van der Waals surface area contributed by atoms with Crippen LogP contribution in [0.2, 0.25) is 0 Å². The van der Waals surface area contributed by atoms with Crippen molar-refractivity contribution in [3.8, 4) is 11.8 Å². The molecule has 19 heavy (non-hydrogen) atoms. The van der Waals surface area contributed by atoms with E-state index < -0.39 is 0 Å². The third-order valence-electron chi connectivity index (χ3n) is 2.56. The predicted molar refractivity (Wildman–Crippen MR) is 73.2 cm³/mol. The molecule has 0 atom stereocenters. The maximum Gasteiger partial charge on any atom is 0.226 e. The summed E-state index contributed by atoms with van der Waals surface area (Å²) >= 11 is 0. The molecule has 0 aliphatic carbocycles. The van der Waals surface area contributed by atoms with E-state index >= 15 is 0 Å². The molecule has 2 N–H and O–H groups in total. The Morgan fingerprint density at radius 3 is 2.42 bits per heavy atom. The zero-order chi connectivity index (χ0) is 14.2. The minimum atomic E-state index is -0.185. The van der Waals surface area contributed by atoms with E-state index in [9.17, 15) is 0 Å². The molecule has 0 aliphatic heterocycles. The molecule has 102 valence electrons. The van der Waals surface area contributed by atoms with Gasteiger partial charge in [0.2, 0.25) is 11.8 Å². The maximum atomic E-state index is 5.80. The Balaban J connectivity index is 2.35. The minimum Gasteiger partial charge on any atom is -0.421 e. The number of aryl methyl sites for hydroxylation is 2. The Kier molecular flexibility index (Phi) is 3.18. The zero-order valence-corrected chi connectivity index (χ0v) is 11.9. The van der Waals surface area contributed by atoms with Gasteiger partial charge in [-0.2, -0.15) is 10.1 Å². The number of nitrogens with zero attached hydrogens (tertiary/aromatic N) is 4. The second-order valence-electron chi connectivity index (χ2n) is 5.55. The molecular weight excluding hydrogens is 242 g/mol. The molecule has 0 bridgehead atoms. The van der Waals surface area contributed by atoms with E-state index in [0.29, 0.717) is 23.4 Å². The molecule has 2 heterocycles. The quantitative estimate of drug-likeness (QED) is 0.896. The molecule has 0 amide bonds. The van der Waals surface area contributed by atoms with Crippen LogP contribution in [0.15, 0.2) is 12.1 Å². The molecule has 6 nitrogen and oxygen atoms in total. The first-order chi connectivity index (χ1) is 8.75. The van der Waals surface area contributed by atoms with Crippen LogP contribution >= 0.6 is 0 Å². The first-order valence-corrected chi connectivity index (χ1v) is 6.09. The Labute approximate surface area is 112 Å². The maximum absolute atomic E-state index is 5.80. The van der Waals surface area contributed by atoms with Gasteiger partial charge >= 0.3 is 0 Å². The van der Waals surface area contributed by atoms with Crippen molar-refractivity contribution in [2.75, 3.05) is 5.73 Å². The van der Waals surface area contributed by atoms with Crippen LogP contribution < -0.4 is 10.5 Å². The highest BCUT2D eigenvalue weighted by molar-refractivity contribution is 5.35. The lowest BCUT2D eigenvalue weighted by Crippen LogP contribution is -2.17. The van der Waals surface area contributed by atoms with Crippen LogP contribution in [0.4, 0.5) is 5.82 Å². The average Bonchev–Trinajstić information content (AvgIpc) is 2.55. The highest BCUT2D eigenvalue weighted by atomic mass is 16.5. The standard InChI is InChI=1S/C13H19N5O/c1-8-6-11(18(5)17-8)19-10-7-9(14)15-12(16-10)13(2,3)4/h6-7H,1-5H3,(H2,14,15,16).